The fourth-order valence-electron chi connectivity index (χ4n) is 2.64. The van der Waals surface area contributed by atoms with Gasteiger partial charge in [0.05, 0.1) is 17.7 Å². The van der Waals surface area contributed by atoms with E-state index in [2.05, 4.69) is 34.8 Å². The topological polar surface area (TPSA) is 57.1 Å². The van der Waals surface area contributed by atoms with Crippen LogP contribution in [-0.2, 0) is 9.53 Å². The number of aliphatic imine (C=N–C) groups is 1. The van der Waals surface area contributed by atoms with Crippen LogP contribution in [0.2, 0.25) is 0 Å². The van der Waals surface area contributed by atoms with Gasteiger partial charge < -0.3 is 14.2 Å². The van der Waals surface area contributed by atoms with E-state index in [-0.39, 0.29) is 11.6 Å². The third-order valence-corrected chi connectivity index (χ3v) is 4.48. The lowest BCUT2D eigenvalue weighted by Gasteiger charge is -2.16. The number of halogens is 2. The highest BCUT2D eigenvalue weighted by Gasteiger charge is 2.25. The average Bonchev–Trinajstić information content (AvgIpc) is 3.02. The zero-order valence-electron chi connectivity index (χ0n) is 16.4. The van der Waals surface area contributed by atoms with E-state index in [1.165, 1.54) is 18.2 Å². The van der Waals surface area contributed by atoms with Gasteiger partial charge in [0.2, 0.25) is 5.90 Å². The fraction of sp³-hybridized carbons (Fsp3) is 0.273. The van der Waals surface area contributed by atoms with Crippen molar-refractivity contribution in [3.8, 4) is 11.5 Å². The Morgan fingerprint density at radius 1 is 1.24 bits per heavy atom. The van der Waals surface area contributed by atoms with E-state index in [0.717, 1.165) is 0 Å². The van der Waals surface area contributed by atoms with E-state index in [1.54, 1.807) is 18.2 Å². The van der Waals surface area contributed by atoms with Gasteiger partial charge in [-0.1, -0.05) is 19.9 Å². The summed E-state index contributed by atoms with van der Waals surface area (Å²) in [5, 5.41) is 0. The van der Waals surface area contributed by atoms with Crippen LogP contribution in [0.15, 0.2) is 51.6 Å². The number of benzene rings is 2. The maximum Gasteiger partial charge on any atom is 0.363 e. The number of carbonyl (C=O) groups excluding carboxylic acids is 1. The second-order valence-electron chi connectivity index (χ2n) is 6.81. The van der Waals surface area contributed by atoms with Gasteiger partial charge in [-0.25, -0.2) is 14.2 Å². The van der Waals surface area contributed by atoms with Gasteiger partial charge >= 0.3 is 5.97 Å². The zero-order valence-corrected chi connectivity index (χ0v) is 18.0. The number of cyclic esters (lactones) is 1. The molecule has 0 unspecified atom stereocenters. The first-order chi connectivity index (χ1) is 13.9. The number of hydrogen-bond acceptors (Lipinski definition) is 5. The van der Waals surface area contributed by atoms with Gasteiger partial charge in [-0.2, -0.15) is 0 Å². The quantitative estimate of drug-likeness (QED) is 0.410. The van der Waals surface area contributed by atoms with E-state index < -0.39 is 11.8 Å². The van der Waals surface area contributed by atoms with Crippen molar-refractivity contribution in [2.24, 2.45) is 10.9 Å². The highest BCUT2D eigenvalue weighted by atomic mass is 79.9. The van der Waals surface area contributed by atoms with Crippen molar-refractivity contribution in [1.82, 2.24) is 0 Å². The number of esters is 1. The smallest absolute Gasteiger partial charge is 0.363 e. The molecule has 1 heterocycles. The molecule has 0 atom stereocenters. The maximum atomic E-state index is 13.4. The largest absolute Gasteiger partial charge is 0.490 e. The molecule has 0 spiro atoms. The lowest BCUT2D eigenvalue weighted by atomic mass is 10.1. The zero-order chi connectivity index (χ0) is 21.0. The third kappa shape index (κ3) is 5.23. The number of ether oxygens (including phenoxy) is 3. The van der Waals surface area contributed by atoms with Crippen LogP contribution in [0, 0.1) is 11.7 Å². The van der Waals surface area contributed by atoms with E-state index >= 15 is 0 Å². The van der Waals surface area contributed by atoms with Crippen molar-refractivity contribution < 1.29 is 23.4 Å². The highest BCUT2D eigenvalue weighted by Crippen LogP contribution is 2.38. The van der Waals surface area contributed by atoms with Gasteiger partial charge in [-0.15, -0.1) is 0 Å². The third-order valence-electron chi connectivity index (χ3n) is 3.89. The van der Waals surface area contributed by atoms with Gasteiger partial charge in [0.25, 0.3) is 0 Å². The lowest BCUT2D eigenvalue weighted by molar-refractivity contribution is -0.129. The molecule has 7 heteroatoms. The van der Waals surface area contributed by atoms with Gasteiger partial charge in [0.1, 0.15) is 5.82 Å². The number of nitrogens with zero attached hydrogens (tertiary/aromatic N) is 1. The maximum absolute atomic E-state index is 13.4. The highest BCUT2D eigenvalue weighted by molar-refractivity contribution is 9.10. The van der Waals surface area contributed by atoms with Gasteiger partial charge in [0, 0.05) is 5.56 Å². The molecule has 0 fully saturated rings. The molecule has 0 N–H and O–H groups in total. The number of hydrogen-bond donors (Lipinski definition) is 0. The predicted octanol–water partition coefficient (Wildman–Crippen LogP) is 5.37. The molecule has 29 heavy (non-hydrogen) atoms. The van der Waals surface area contributed by atoms with Crippen LogP contribution in [0.5, 0.6) is 11.5 Å². The van der Waals surface area contributed by atoms with Crippen molar-refractivity contribution in [2.45, 2.75) is 20.8 Å². The Bertz CT molecular complexity index is 985. The van der Waals surface area contributed by atoms with Crippen molar-refractivity contribution in [1.29, 1.82) is 0 Å². The SMILES string of the molecule is CCOc1cc(/C=C2\N=C(c3cccc(F)c3)OC2=O)cc(Br)c1OCC(C)C. The Labute approximate surface area is 177 Å². The number of rotatable bonds is 7. The molecule has 0 saturated heterocycles. The molecule has 1 aliphatic heterocycles. The Morgan fingerprint density at radius 3 is 2.72 bits per heavy atom. The normalized spacial score (nSPS) is 14.9. The molecule has 0 bridgehead atoms. The summed E-state index contributed by atoms with van der Waals surface area (Å²) in [6, 6.07) is 9.33. The molecule has 0 aromatic heterocycles. The van der Waals surface area contributed by atoms with Crippen LogP contribution in [0.25, 0.3) is 6.08 Å². The summed E-state index contributed by atoms with van der Waals surface area (Å²) in [6.45, 7) is 7.02. The van der Waals surface area contributed by atoms with Crippen LogP contribution < -0.4 is 9.47 Å². The molecule has 0 radical (unpaired) electrons. The van der Waals surface area contributed by atoms with Crippen LogP contribution in [0.1, 0.15) is 31.9 Å². The van der Waals surface area contributed by atoms with Crippen molar-refractivity contribution in [3.63, 3.8) is 0 Å². The first kappa shape index (κ1) is 21.0. The molecule has 5 nitrogen and oxygen atoms in total. The van der Waals surface area contributed by atoms with E-state index in [1.807, 2.05) is 13.0 Å². The van der Waals surface area contributed by atoms with Crippen LogP contribution in [-0.4, -0.2) is 25.1 Å². The van der Waals surface area contributed by atoms with Crippen molar-refractivity contribution in [3.05, 3.63) is 63.5 Å². The van der Waals surface area contributed by atoms with Crippen molar-refractivity contribution in [2.75, 3.05) is 13.2 Å². The van der Waals surface area contributed by atoms with Crippen LogP contribution in [0.4, 0.5) is 4.39 Å². The van der Waals surface area contributed by atoms with Gasteiger partial charge in [-0.05, 0) is 70.7 Å². The minimum absolute atomic E-state index is 0.0711. The molecule has 152 valence electrons. The van der Waals surface area contributed by atoms with Gasteiger partial charge in [0.15, 0.2) is 17.2 Å². The summed E-state index contributed by atoms with van der Waals surface area (Å²) in [6.07, 6.45) is 1.59. The summed E-state index contributed by atoms with van der Waals surface area (Å²) in [7, 11) is 0. The minimum Gasteiger partial charge on any atom is -0.490 e. The molecular weight excluding hydrogens is 441 g/mol. The summed E-state index contributed by atoms with van der Waals surface area (Å²) < 4.78 is 30.9. The molecular formula is C22H21BrFNO4. The van der Waals surface area contributed by atoms with Crippen LogP contribution in [0.3, 0.4) is 0 Å². The minimum atomic E-state index is -0.599. The van der Waals surface area contributed by atoms with E-state index in [0.29, 0.717) is 46.2 Å². The van der Waals surface area contributed by atoms with Gasteiger partial charge in [-0.3, -0.25) is 0 Å². The average molecular weight is 462 g/mol. The molecule has 0 aliphatic carbocycles. The summed E-state index contributed by atoms with van der Waals surface area (Å²) in [4.78, 5) is 16.4. The Hall–Kier alpha value is -2.67. The van der Waals surface area contributed by atoms with Crippen molar-refractivity contribution >= 4 is 33.9 Å². The predicted molar refractivity (Wildman–Crippen MR) is 113 cm³/mol. The standard InChI is InChI=1S/C22H21BrFNO4/c1-4-27-19-10-14(8-17(23)20(19)28-12-13(2)3)9-18-22(26)29-21(25-18)15-6-5-7-16(24)11-15/h5-11,13H,4,12H2,1-3H3/b18-9-. The summed E-state index contributed by atoms with van der Waals surface area (Å²) in [5.41, 5.74) is 1.21. The first-order valence-electron chi connectivity index (χ1n) is 9.25. The molecule has 1 aliphatic rings. The number of carbonyl (C=O) groups is 1. The fourth-order valence-corrected chi connectivity index (χ4v) is 3.21. The Kier molecular flexibility index (Phi) is 6.69. The second kappa shape index (κ2) is 9.22. The Balaban J connectivity index is 1.93. The monoisotopic (exact) mass is 461 g/mol. The second-order valence-corrected chi connectivity index (χ2v) is 7.67. The summed E-state index contributed by atoms with van der Waals surface area (Å²) in [5.74, 6) is 0.582. The molecule has 0 saturated carbocycles. The van der Waals surface area contributed by atoms with E-state index in [9.17, 15) is 9.18 Å². The lowest BCUT2D eigenvalue weighted by Crippen LogP contribution is -2.07. The molecule has 0 amide bonds. The van der Waals surface area contributed by atoms with Crippen LogP contribution >= 0.6 is 15.9 Å². The summed E-state index contributed by atoms with van der Waals surface area (Å²) >= 11 is 3.51. The van der Waals surface area contributed by atoms with E-state index in [4.69, 9.17) is 14.2 Å². The molecule has 2 aromatic carbocycles. The Morgan fingerprint density at radius 2 is 2.03 bits per heavy atom. The first-order valence-corrected chi connectivity index (χ1v) is 10.0. The molecule has 2 aromatic rings. The molecule has 3 rings (SSSR count).